The second kappa shape index (κ2) is 19.9. The summed E-state index contributed by atoms with van der Waals surface area (Å²) in [7, 11) is 5.64. The van der Waals surface area contributed by atoms with Crippen LogP contribution < -0.4 is 20.1 Å². The van der Waals surface area contributed by atoms with Crippen LogP contribution in [0.1, 0.15) is 11.1 Å². The van der Waals surface area contributed by atoms with E-state index < -0.39 is 36.4 Å². The van der Waals surface area contributed by atoms with Crippen LogP contribution in [0.15, 0.2) is 48.8 Å². The number of aromatic amines is 1. The van der Waals surface area contributed by atoms with Gasteiger partial charge in [0.1, 0.15) is 18.1 Å². The number of carbonyl (C=O) groups excluding carboxylic acids is 1. The van der Waals surface area contributed by atoms with E-state index in [1.807, 2.05) is 56.7 Å². The Hall–Kier alpha value is -5.58. The number of amides is 1. The first kappa shape index (κ1) is 45.4. The SMILES string of the molecule is COc1ccc2c(c1)C[C@H](C(=O)Nc1ccc(-c3cn[nH]c3)cc1OCCN(C)C)NC2.O=C(O)C(F)(F)F.O=C(O)C(F)(F)F.O=C(O)C(F)(F)F. The molecule has 6 N–H and O–H groups in total. The van der Waals surface area contributed by atoms with Gasteiger partial charge in [0.2, 0.25) is 5.91 Å². The number of likely N-dealkylation sites (N-methyl/N-ethyl adjacent to an activating group) is 1. The molecule has 53 heavy (non-hydrogen) atoms. The van der Waals surface area contributed by atoms with E-state index in [-0.39, 0.29) is 11.9 Å². The molecule has 0 spiro atoms. The standard InChI is InChI=1S/C24H29N5O3.3C2HF3O2/c1-29(2)8-9-32-23-12-16(19-14-26-27-15-19)5-7-21(23)28-24(30)22-11-18-10-20(31-3)6-4-17(18)13-25-22;3*3-2(4,5)1(6)7/h4-7,10,12,14-15,22,25H,8-9,11,13H2,1-3H3,(H,26,27)(H,28,30);3*(H,6,7)/t22-;;;/m1.../s1. The average Bonchev–Trinajstić information content (AvgIpc) is 3.59. The van der Waals surface area contributed by atoms with E-state index >= 15 is 0 Å². The fourth-order valence-corrected chi connectivity index (χ4v) is 3.69. The van der Waals surface area contributed by atoms with E-state index in [2.05, 4.69) is 25.7 Å². The summed E-state index contributed by atoms with van der Waals surface area (Å²) >= 11 is 0. The summed E-state index contributed by atoms with van der Waals surface area (Å²) in [4.78, 5) is 41.8. The normalized spacial score (nSPS) is 13.7. The van der Waals surface area contributed by atoms with Crippen molar-refractivity contribution in [3.05, 3.63) is 59.9 Å². The molecule has 1 amide bonds. The number of rotatable bonds is 8. The third kappa shape index (κ3) is 16.5. The molecule has 0 bridgehead atoms. The van der Waals surface area contributed by atoms with Gasteiger partial charge in [-0.25, -0.2) is 14.4 Å². The van der Waals surface area contributed by atoms with Gasteiger partial charge in [0.15, 0.2) is 0 Å². The Bertz CT molecular complexity index is 1610. The maximum Gasteiger partial charge on any atom is 0.490 e. The molecule has 1 atom stereocenters. The molecule has 23 heteroatoms. The monoisotopic (exact) mass is 777 g/mol. The first-order chi connectivity index (χ1) is 24.4. The van der Waals surface area contributed by atoms with Gasteiger partial charge in [-0.1, -0.05) is 12.1 Å². The molecular formula is C30H32F9N5O9. The third-order valence-electron chi connectivity index (χ3n) is 6.29. The molecule has 0 radical (unpaired) electrons. The number of hydrogen-bond acceptors (Lipinski definition) is 9. The number of carboxylic acids is 3. The fourth-order valence-electron chi connectivity index (χ4n) is 3.69. The quantitative estimate of drug-likeness (QED) is 0.174. The van der Waals surface area contributed by atoms with Crippen molar-refractivity contribution in [2.45, 2.75) is 37.5 Å². The number of ether oxygens (including phenoxy) is 2. The largest absolute Gasteiger partial charge is 0.497 e. The van der Waals surface area contributed by atoms with E-state index in [0.717, 1.165) is 29.0 Å². The van der Waals surface area contributed by atoms with Gasteiger partial charge in [0.05, 0.1) is 25.0 Å². The highest BCUT2D eigenvalue weighted by Crippen LogP contribution is 2.31. The lowest BCUT2D eigenvalue weighted by Crippen LogP contribution is -2.44. The predicted octanol–water partition coefficient (Wildman–Crippen LogP) is 4.58. The van der Waals surface area contributed by atoms with Crippen molar-refractivity contribution >= 4 is 29.5 Å². The molecular weight excluding hydrogens is 745 g/mol. The average molecular weight is 778 g/mol. The van der Waals surface area contributed by atoms with Crippen LogP contribution in [0.4, 0.5) is 45.2 Å². The fraction of sp³-hybridized carbons (Fsp3) is 0.367. The number of aliphatic carboxylic acids is 3. The minimum Gasteiger partial charge on any atom is -0.497 e. The van der Waals surface area contributed by atoms with Crippen LogP contribution in [0, 0.1) is 0 Å². The summed E-state index contributed by atoms with van der Waals surface area (Å²) in [6, 6.07) is 11.4. The van der Waals surface area contributed by atoms with Crippen LogP contribution in [0.3, 0.4) is 0 Å². The van der Waals surface area contributed by atoms with Crippen molar-refractivity contribution in [3.8, 4) is 22.6 Å². The summed E-state index contributed by atoms with van der Waals surface area (Å²) in [6.45, 7) is 1.93. The van der Waals surface area contributed by atoms with Crippen molar-refractivity contribution in [2.75, 3.05) is 39.7 Å². The second-order valence-electron chi connectivity index (χ2n) is 10.5. The highest BCUT2D eigenvalue weighted by atomic mass is 19.4. The summed E-state index contributed by atoms with van der Waals surface area (Å²) in [6.07, 6.45) is -11.1. The number of hydrogen-bond donors (Lipinski definition) is 6. The Morgan fingerprint density at radius 3 is 1.85 bits per heavy atom. The Morgan fingerprint density at radius 2 is 1.40 bits per heavy atom. The van der Waals surface area contributed by atoms with E-state index in [4.69, 9.17) is 39.2 Å². The summed E-state index contributed by atoms with van der Waals surface area (Å²) in [5, 5.41) is 34.6. The maximum absolute atomic E-state index is 13.1. The zero-order chi connectivity index (χ0) is 40.7. The lowest BCUT2D eigenvalue weighted by molar-refractivity contribution is -0.193. The van der Waals surface area contributed by atoms with Gasteiger partial charge in [-0.15, -0.1) is 0 Å². The predicted molar refractivity (Wildman–Crippen MR) is 165 cm³/mol. The van der Waals surface area contributed by atoms with E-state index in [1.165, 1.54) is 5.56 Å². The van der Waals surface area contributed by atoms with Crippen LogP contribution in [-0.2, 0) is 32.1 Å². The van der Waals surface area contributed by atoms with Gasteiger partial charge in [-0.3, -0.25) is 9.89 Å². The van der Waals surface area contributed by atoms with Gasteiger partial charge in [-0.2, -0.15) is 44.6 Å². The number of aromatic nitrogens is 2. The lowest BCUT2D eigenvalue weighted by atomic mass is 9.95. The Labute approximate surface area is 293 Å². The van der Waals surface area contributed by atoms with Crippen molar-refractivity contribution in [1.29, 1.82) is 0 Å². The minimum absolute atomic E-state index is 0.0907. The number of halogens is 9. The van der Waals surface area contributed by atoms with Crippen LogP contribution in [0.5, 0.6) is 11.5 Å². The first-order valence-electron chi connectivity index (χ1n) is 14.4. The van der Waals surface area contributed by atoms with Crippen molar-refractivity contribution in [2.24, 2.45) is 0 Å². The summed E-state index contributed by atoms with van der Waals surface area (Å²) < 4.78 is 107. The Kier molecular flexibility index (Phi) is 17.0. The molecule has 0 saturated heterocycles. The number of anilines is 1. The zero-order valence-corrected chi connectivity index (χ0v) is 27.6. The van der Waals surface area contributed by atoms with Crippen LogP contribution in [0.2, 0.25) is 0 Å². The number of benzene rings is 2. The Morgan fingerprint density at radius 1 is 0.849 bits per heavy atom. The number of nitrogens with one attached hydrogen (secondary N) is 3. The molecule has 14 nitrogen and oxygen atoms in total. The van der Waals surface area contributed by atoms with Gasteiger partial charge in [0, 0.05) is 24.8 Å². The molecule has 2 aromatic carbocycles. The van der Waals surface area contributed by atoms with Gasteiger partial charge >= 0.3 is 36.4 Å². The molecule has 0 saturated carbocycles. The highest BCUT2D eigenvalue weighted by molar-refractivity contribution is 5.97. The summed E-state index contributed by atoms with van der Waals surface area (Å²) in [5.41, 5.74) is 4.89. The number of H-pyrrole nitrogens is 1. The lowest BCUT2D eigenvalue weighted by Gasteiger charge is -2.26. The first-order valence-corrected chi connectivity index (χ1v) is 14.4. The molecule has 0 unspecified atom stereocenters. The van der Waals surface area contributed by atoms with E-state index in [0.29, 0.717) is 31.0 Å². The molecule has 1 aliphatic rings. The Balaban J connectivity index is 0.000000545. The molecule has 0 fully saturated rings. The van der Waals surface area contributed by atoms with Crippen molar-refractivity contribution in [3.63, 3.8) is 0 Å². The van der Waals surface area contributed by atoms with Gasteiger partial charge in [-0.05, 0) is 61.5 Å². The maximum atomic E-state index is 13.1. The van der Waals surface area contributed by atoms with Crippen LogP contribution >= 0.6 is 0 Å². The minimum atomic E-state index is -5.08. The van der Waals surface area contributed by atoms with Gasteiger partial charge < -0.3 is 40.3 Å². The number of nitrogens with zero attached hydrogens (tertiary/aromatic N) is 2. The topological polar surface area (TPSA) is 203 Å². The third-order valence-corrected chi connectivity index (χ3v) is 6.29. The van der Waals surface area contributed by atoms with Crippen LogP contribution in [-0.4, -0.2) is 113 Å². The van der Waals surface area contributed by atoms with E-state index in [9.17, 15) is 44.3 Å². The number of alkyl halides is 9. The zero-order valence-electron chi connectivity index (χ0n) is 27.6. The smallest absolute Gasteiger partial charge is 0.490 e. The summed E-state index contributed by atoms with van der Waals surface area (Å²) in [5.74, 6) is -6.92. The van der Waals surface area contributed by atoms with Crippen molar-refractivity contribution < 1.29 is 83.5 Å². The molecule has 2 heterocycles. The molecule has 1 aromatic heterocycles. The second-order valence-corrected chi connectivity index (χ2v) is 10.5. The molecule has 294 valence electrons. The molecule has 0 aliphatic carbocycles. The molecule has 1 aliphatic heterocycles. The molecule has 4 rings (SSSR count). The number of fused-ring (bicyclic) bond motifs is 1. The molecule has 3 aromatic rings. The highest BCUT2D eigenvalue weighted by Gasteiger charge is 2.39. The van der Waals surface area contributed by atoms with Crippen LogP contribution in [0.25, 0.3) is 11.1 Å². The number of carbonyl (C=O) groups is 4. The van der Waals surface area contributed by atoms with Gasteiger partial charge in [0.25, 0.3) is 0 Å². The number of methoxy groups -OCH3 is 1. The van der Waals surface area contributed by atoms with Crippen molar-refractivity contribution in [1.82, 2.24) is 20.4 Å². The number of carboxylic acid groups (broad SMARTS) is 3. The van der Waals surface area contributed by atoms with E-state index in [1.54, 1.807) is 13.3 Å².